The van der Waals surface area contributed by atoms with Crippen molar-refractivity contribution in [1.82, 2.24) is 14.6 Å². The molecule has 90 valence electrons. The summed E-state index contributed by atoms with van der Waals surface area (Å²) in [7, 11) is 0. The number of fused-ring (bicyclic) bond motifs is 1. The highest BCUT2D eigenvalue weighted by atomic mass is 16.4. The molecule has 0 saturated carbocycles. The second-order valence-electron chi connectivity index (χ2n) is 4.41. The van der Waals surface area contributed by atoms with E-state index in [2.05, 4.69) is 10.1 Å². The van der Waals surface area contributed by atoms with Crippen molar-refractivity contribution in [3.05, 3.63) is 30.2 Å². The largest absolute Gasteiger partial charge is 0.479 e. The van der Waals surface area contributed by atoms with Gasteiger partial charge in [0.1, 0.15) is 0 Å². The van der Waals surface area contributed by atoms with Gasteiger partial charge in [0.25, 0.3) is 0 Å². The summed E-state index contributed by atoms with van der Waals surface area (Å²) in [4.78, 5) is 14.9. The van der Waals surface area contributed by atoms with E-state index >= 15 is 0 Å². The number of carbonyl (C=O) groups is 1. The number of aliphatic hydroxyl groups is 1. The minimum atomic E-state index is -1.51. The molecule has 2 rings (SSSR count). The van der Waals surface area contributed by atoms with E-state index in [1.807, 2.05) is 0 Å². The first-order chi connectivity index (χ1) is 7.93. The summed E-state index contributed by atoms with van der Waals surface area (Å²) in [6.45, 7) is 3.26. The predicted molar refractivity (Wildman–Crippen MR) is 59.7 cm³/mol. The number of nitrogens with zero attached hydrogens (tertiary/aromatic N) is 3. The maximum absolute atomic E-state index is 10.8. The molecule has 2 N–H and O–H groups in total. The summed E-state index contributed by atoms with van der Waals surface area (Å²) in [5.41, 5.74) is 0.138. The van der Waals surface area contributed by atoms with E-state index in [0.717, 1.165) is 0 Å². The molecule has 1 unspecified atom stereocenters. The molecule has 0 aliphatic rings. The quantitative estimate of drug-likeness (QED) is 0.806. The van der Waals surface area contributed by atoms with Crippen molar-refractivity contribution in [3.8, 4) is 0 Å². The van der Waals surface area contributed by atoms with Crippen LogP contribution in [0, 0.1) is 0 Å². The summed E-state index contributed by atoms with van der Waals surface area (Å²) in [6.07, 6.45) is 1.84. The third kappa shape index (κ3) is 1.87. The Hall–Kier alpha value is -1.95. The van der Waals surface area contributed by atoms with Gasteiger partial charge in [-0.25, -0.2) is 14.3 Å². The second kappa shape index (κ2) is 3.81. The Morgan fingerprint density at radius 1 is 1.53 bits per heavy atom. The van der Waals surface area contributed by atoms with E-state index < -0.39 is 17.5 Å². The molecule has 2 aromatic heterocycles. The van der Waals surface area contributed by atoms with Crippen LogP contribution in [0.15, 0.2) is 24.5 Å². The Balaban J connectivity index is 2.48. The highest BCUT2D eigenvalue weighted by molar-refractivity contribution is 5.74. The highest BCUT2D eigenvalue weighted by Gasteiger charge is 2.37. The van der Waals surface area contributed by atoms with Crippen LogP contribution in [0.5, 0.6) is 0 Å². The number of aliphatic carboxylic acids is 1. The Labute approximate surface area is 97.5 Å². The minimum Gasteiger partial charge on any atom is -0.479 e. The fourth-order valence-corrected chi connectivity index (χ4v) is 1.59. The molecular weight excluding hydrogens is 222 g/mol. The summed E-state index contributed by atoms with van der Waals surface area (Å²) in [5.74, 6) is -1.26. The fraction of sp³-hybridized carbons (Fsp3) is 0.364. The van der Waals surface area contributed by atoms with Gasteiger partial charge in [-0.1, -0.05) is 13.8 Å². The Morgan fingerprint density at radius 2 is 2.24 bits per heavy atom. The van der Waals surface area contributed by atoms with Crippen molar-refractivity contribution in [3.63, 3.8) is 0 Å². The monoisotopic (exact) mass is 235 g/mol. The van der Waals surface area contributed by atoms with Crippen molar-refractivity contribution in [2.24, 2.45) is 0 Å². The number of hydrogen-bond donors (Lipinski definition) is 2. The molecule has 17 heavy (non-hydrogen) atoms. The summed E-state index contributed by atoms with van der Waals surface area (Å²) < 4.78 is 1.55. The molecule has 2 aromatic rings. The van der Waals surface area contributed by atoms with Gasteiger partial charge in [-0.15, -0.1) is 0 Å². The molecule has 6 heteroatoms. The summed E-state index contributed by atoms with van der Waals surface area (Å²) >= 11 is 0. The van der Waals surface area contributed by atoms with Crippen LogP contribution in [0.4, 0.5) is 0 Å². The lowest BCUT2D eigenvalue weighted by Gasteiger charge is -2.25. The lowest BCUT2D eigenvalue weighted by molar-refractivity contribution is -0.150. The van der Waals surface area contributed by atoms with E-state index in [0.29, 0.717) is 11.3 Å². The number of aliphatic hydroxyl groups excluding tert-OH is 1. The van der Waals surface area contributed by atoms with Crippen LogP contribution in [-0.2, 0) is 10.2 Å². The molecule has 2 heterocycles. The van der Waals surface area contributed by atoms with Crippen LogP contribution in [0.1, 0.15) is 19.5 Å². The van der Waals surface area contributed by atoms with Crippen molar-refractivity contribution < 1.29 is 15.0 Å². The average Bonchev–Trinajstić information content (AvgIpc) is 2.71. The number of carboxylic acid groups (broad SMARTS) is 1. The zero-order chi connectivity index (χ0) is 12.6. The standard InChI is InChI=1S/C11H13N3O3/c1-11(2,9(15)10(16)17)7-6-8-12-4-3-5-14(8)13-7/h3-6,9,15H,1-2H3,(H,16,17). The normalized spacial score (nSPS) is 13.8. The van der Waals surface area contributed by atoms with Crippen molar-refractivity contribution in [2.75, 3.05) is 0 Å². The van der Waals surface area contributed by atoms with Crippen LogP contribution in [0.25, 0.3) is 5.65 Å². The maximum atomic E-state index is 10.8. The Kier molecular flexibility index (Phi) is 2.59. The third-order valence-corrected chi connectivity index (χ3v) is 2.81. The van der Waals surface area contributed by atoms with Crippen molar-refractivity contribution in [1.29, 1.82) is 0 Å². The Morgan fingerprint density at radius 3 is 2.82 bits per heavy atom. The van der Waals surface area contributed by atoms with Crippen molar-refractivity contribution in [2.45, 2.75) is 25.4 Å². The van der Waals surface area contributed by atoms with Crippen LogP contribution in [0.3, 0.4) is 0 Å². The SMILES string of the molecule is CC(C)(c1cc2ncccn2n1)C(O)C(=O)O. The van der Waals surface area contributed by atoms with Gasteiger partial charge in [-0.2, -0.15) is 5.10 Å². The van der Waals surface area contributed by atoms with E-state index in [9.17, 15) is 9.90 Å². The Bertz CT molecular complexity index is 529. The van der Waals surface area contributed by atoms with Gasteiger partial charge < -0.3 is 10.2 Å². The lowest BCUT2D eigenvalue weighted by atomic mass is 9.83. The topological polar surface area (TPSA) is 87.7 Å². The number of hydrogen-bond acceptors (Lipinski definition) is 4. The van der Waals surface area contributed by atoms with Gasteiger partial charge in [-0.05, 0) is 6.07 Å². The first kappa shape index (κ1) is 11.5. The molecule has 1 atom stereocenters. The van der Waals surface area contributed by atoms with E-state index in [4.69, 9.17) is 5.11 Å². The zero-order valence-corrected chi connectivity index (χ0v) is 9.53. The molecule has 0 radical (unpaired) electrons. The number of rotatable bonds is 3. The lowest BCUT2D eigenvalue weighted by Crippen LogP contribution is -2.40. The molecule has 0 saturated heterocycles. The number of aromatic nitrogens is 3. The highest BCUT2D eigenvalue weighted by Crippen LogP contribution is 2.26. The van der Waals surface area contributed by atoms with Crippen molar-refractivity contribution >= 4 is 11.6 Å². The van der Waals surface area contributed by atoms with Gasteiger partial charge in [-0.3, -0.25) is 0 Å². The van der Waals surface area contributed by atoms with Gasteiger partial charge in [0.2, 0.25) is 0 Å². The van der Waals surface area contributed by atoms with Crippen LogP contribution >= 0.6 is 0 Å². The molecule has 0 fully saturated rings. The second-order valence-corrected chi connectivity index (χ2v) is 4.41. The first-order valence-electron chi connectivity index (χ1n) is 5.14. The molecule has 0 aliphatic heterocycles. The molecule has 0 amide bonds. The van der Waals surface area contributed by atoms with Crippen LogP contribution in [0.2, 0.25) is 0 Å². The van der Waals surface area contributed by atoms with Gasteiger partial charge in [0.05, 0.1) is 5.69 Å². The zero-order valence-electron chi connectivity index (χ0n) is 9.53. The minimum absolute atomic E-state index is 0.492. The molecule has 0 aromatic carbocycles. The van der Waals surface area contributed by atoms with E-state index in [1.54, 1.807) is 42.9 Å². The van der Waals surface area contributed by atoms with Crippen LogP contribution in [-0.4, -0.2) is 36.9 Å². The summed E-state index contributed by atoms with van der Waals surface area (Å²) in [6, 6.07) is 3.40. The number of carboxylic acids is 1. The van der Waals surface area contributed by atoms with Crippen LogP contribution < -0.4 is 0 Å². The molecule has 0 bridgehead atoms. The molecular formula is C11H13N3O3. The first-order valence-corrected chi connectivity index (χ1v) is 5.14. The molecule has 0 aliphatic carbocycles. The van der Waals surface area contributed by atoms with Gasteiger partial charge >= 0.3 is 5.97 Å². The molecule has 0 spiro atoms. The third-order valence-electron chi connectivity index (χ3n) is 2.81. The van der Waals surface area contributed by atoms with E-state index in [1.165, 1.54) is 0 Å². The van der Waals surface area contributed by atoms with Gasteiger partial charge in [0.15, 0.2) is 11.8 Å². The average molecular weight is 235 g/mol. The molecule has 6 nitrogen and oxygen atoms in total. The fourth-order valence-electron chi connectivity index (χ4n) is 1.59. The maximum Gasteiger partial charge on any atom is 0.333 e. The van der Waals surface area contributed by atoms with Gasteiger partial charge in [0, 0.05) is 23.9 Å². The smallest absolute Gasteiger partial charge is 0.333 e. The summed E-state index contributed by atoms with van der Waals surface area (Å²) in [5, 5.41) is 22.7. The van der Waals surface area contributed by atoms with E-state index in [-0.39, 0.29) is 0 Å². The predicted octanol–water partition coefficient (Wildman–Crippen LogP) is 0.452.